The van der Waals surface area contributed by atoms with E-state index < -0.39 is 0 Å². The molecule has 6 nitrogen and oxygen atoms in total. The lowest BCUT2D eigenvalue weighted by Crippen LogP contribution is -2.17. The predicted molar refractivity (Wildman–Crippen MR) is 118 cm³/mol. The van der Waals surface area contributed by atoms with Gasteiger partial charge in [0.15, 0.2) is 5.82 Å². The zero-order valence-corrected chi connectivity index (χ0v) is 17.2. The number of ether oxygens (including phenoxy) is 2. The number of rotatable bonds is 10. The molecule has 3 aromatic rings. The van der Waals surface area contributed by atoms with Gasteiger partial charge in [0.2, 0.25) is 0 Å². The average molecular weight is 393 g/mol. The average Bonchev–Trinajstić information content (AvgIpc) is 2.77. The molecule has 2 N–H and O–H groups in total. The van der Waals surface area contributed by atoms with Crippen molar-refractivity contribution in [3.63, 3.8) is 0 Å². The Kier molecular flexibility index (Phi) is 7.28. The first-order valence-electron chi connectivity index (χ1n) is 9.89. The van der Waals surface area contributed by atoms with Gasteiger partial charge in [-0.15, -0.1) is 0 Å². The van der Waals surface area contributed by atoms with Crippen molar-refractivity contribution < 1.29 is 9.47 Å². The van der Waals surface area contributed by atoms with E-state index in [1.807, 2.05) is 60.7 Å². The van der Waals surface area contributed by atoms with Crippen LogP contribution in [0, 0.1) is 0 Å². The Morgan fingerprint density at radius 1 is 0.931 bits per heavy atom. The van der Waals surface area contributed by atoms with Crippen molar-refractivity contribution >= 4 is 11.6 Å². The quantitative estimate of drug-likeness (QED) is 0.481. The van der Waals surface area contributed by atoms with Crippen LogP contribution in [0.5, 0.6) is 11.5 Å². The monoisotopic (exact) mass is 392 g/mol. The molecule has 0 spiro atoms. The molecule has 0 saturated carbocycles. The van der Waals surface area contributed by atoms with Crippen LogP contribution >= 0.6 is 0 Å². The summed E-state index contributed by atoms with van der Waals surface area (Å²) in [6, 6.07) is 19.8. The van der Waals surface area contributed by atoms with Gasteiger partial charge in [0.05, 0.1) is 13.7 Å². The molecule has 1 heterocycles. The molecule has 3 rings (SSSR count). The first kappa shape index (κ1) is 20.5. The van der Waals surface area contributed by atoms with Crippen molar-refractivity contribution in [1.29, 1.82) is 0 Å². The number of hydrogen-bond donors (Lipinski definition) is 2. The van der Waals surface area contributed by atoms with Gasteiger partial charge in [0, 0.05) is 17.7 Å². The Hall–Kier alpha value is -3.28. The van der Waals surface area contributed by atoms with Crippen molar-refractivity contribution in [2.75, 3.05) is 30.9 Å². The molecule has 6 heteroatoms. The summed E-state index contributed by atoms with van der Waals surface area (Å²) in [6.07, 6.45) is 1.02. The Bertz CT molecular complexity index is 885. The van der Waals surface area contributed by atoms with Crippen molar-refractivity contribution in [1.82, 2.24) is 9.97 Å². The van der Waals surface area contributed by atoms with Crippen molar-refractivity contribution in [3.05, 3.63) is 60.7 Å². The van der Waals surface area contributed by atoms with E-state index >= 15 is 0 Å². The third kappa shape index (κ3) is 6.10. The minimum atomic E-state index is 0.333. The molecule has 0 aliphatic carbocycles. The summed E-state index contributed by atoms with van der Waals surface area (Å²) < 4.78 is 10.9. The normalized spacial score (nSPS) is 11.6. The van der Waals surface area contributed by atoms with Crippen LogP contribution in [0.15, 0.2) is 60.7 Å². The van der Waals surface area contributed by atoms with Gasteiger partial charge in [-0.1, -0.05) is 37.3 Å². The molecule has 152 valence electrons. The Morgan fingerprint density at radius 3 is 2.31 bits per heavy atom. The zero-order chi connectivity index (χ0) is 20.5. The second-order valence-electron chi connectivity index (χ2n) is 6.73. The Labute approximate surface area is 172 Å². The molecular weight excluding hydrogens is 364 g/mol. The fourth-order valence-electron chi connectivity index (χ4n) is 2.70. The maximum absolute atomic E-state index is 5.78. The van der Waals surface area contributed by atoms with Gasteiger partial charge in [-0.3, -0.25) is 0 Å². The van der Waals surface area contributed by atoms with E-state index in [4.69, 9.17) is 9.47 Å². The largest absolute Gasteiger partial charge is 0.497 e. The van der Waals surface area contributed by atoms with E-state index in [0.29, 0.717) is 25.0 Å². The van der Waals surface area contributed by atoms with E-state index in [-0.39, 0.29) is 0 Å². The topological polar surface area (TPSA) is 68.3 Å². The number of methoxy groups -OCH3 is 1. The van der Waals surface area contributed by atoms with Crippen LogP contribution in [0.2, 0.25) is 0 Å². The third-order valence-electron chi connectivity index (χ3n) is 4.50. The zero-order valence-electron chi connectivity index (χ0n) is 17.2. The lowest BCUT2D eigenvalue weighted by atomic mass is 10.2. The molecule has 1 aromatic heterocycles. The predicted octanol–water partition coefficient (Wildman–Crippen LogP) is 4.85. The standard InChI is InChI=1S/C23H28N4O2/c1-4-17(2)25-22-16-21(26-23(27-22)18-8-6-5-7-9-18)24-14-15-29-20-12-10-19(28-3)11-13-20/h5-13,16-17H,4,14-15H2,1-3H3,(H2,24,25,26,27). The highest BCUT2D eigenvalue weighted by Crippen LogP contribution is 2.21. The fraction of sp³-hybridized carbons (Fsp3) is 0.304. The molecule has 2 aromatic carbocycles. The summed E-state index contributed by atoms with van der Waals surface area (Å²) in [6.45, 7) is 5.43. The van der Waals surface area contributed by atoms with Crippen molar-refractivity contribution in [2.45, 2.75) is 26.3 Å². The molecule has 0 saturated heterocycles. The molecule has 0 fully saturated rings. The molecule has 0 amide bonds. The van der Waals surface area contributed by atoms with Gasteiger partial charge in [0.1, 0.15) is 29.7 Å². The van der Waals surface area contributed by atoms with Gasteiger partial charge in [0.25, 0.3) is 0 Å². The number of aromatic nitrogens is 2. The van der Waals surface area contributed by atoms with Crippen molar-refractivity contribution in [3.8, 4) is 22.9 Å². The number of anilines is 2. The van der Waals surface area contributed by atoms with Gasteiger partial charge >= 0.3 is 0 Å². The van der Waals surface area contributed by atoms with E-state index in [2.05, 4.69) is 34.4 Å². The van der Waals surface area contributed by atoms with Crippen LogP contribution in [0.4, 0.5) is 11.6 Å². The summed E-state index contributed by atoms with van der Waals surface area (Å²) >= 11 is 0. The van der Waals surface area contributed by atoms with Crippen LogP contribution in [-0.2, 0) is 0 Å². The van der Waals surface area contributed by atoms with Gasteiger partial charge in [-0.2, -0.15) is 0 Å². The smallest absolute Gasteiger partial charge is 0.163 e. The lowest BCUT2D eigenvalue weighted by molar-refractivity contribution is 0.331. The first-order chi connectivity index (χ1) is 14.2. The number of nitrogens with one attached hydrogen (secondary N) is 2. The lowest BCUT2D eigenvalue weighted by Gasteiger charge is -2.15. The number of nitrogens with zero attached hydrogens (tertiary/aromatic N) is 2. The SMILES string of the molecule is CCC(C)Nc1cc(NCCOc2ccc(OC)cc2)nc(-c2ccccc2)n1. The second-order valence-corrected chi connectivity index (χ2v) is 6.73. The summed E-state index contributed by atoms with van der Waals surface area (Å²) in [7, 11) is 1.65. The molecule has 0 bridgehead atoms. The summed E-state index contributed by atoms with van der Waals surface area (Å²) in [5.41, 5.74) is 0.984. The molecule has 1 unspecified atom stereocenters. The molecule has 1 atom stereocenters. The summed E-state index contributed by atoms with van der Waals surface area (Å²) in [4.78, 5) is 9.35. The minimum Gasteiger partial charge on any atom is -0.497 e. The maximum Gasteiger partial charge on any atom is 0.163 e. The molecule has 0 aliphatic rings. The maximum atomic E-state index is 5.78. The Morgan fingerprint density at radius 2 is 1.62 bits per heavy atom. The molecule has 0 aliphatic heterocycles. The Balaban J connectivity index is 1.65. The summed E-state index contributed by atoms with van der Waals surface area (Å²) in [5.74, 6) is 3.89. The highest BCUT2D eigenvalue weighted by Gasteiger charge is 2.08. The van der Waals surface area contributed by atoms with Gasteiger partial charge < -0.3 is 20.1 Å². The van der Waals surface area contributed by atoms with Crippen LogP contribution in [0.25, 0.3) is 11.4 Å². The molecule has 29 heavy (non-hydrogen) atoms. The number of benzene rings is 2. The van der Waals surface area contributed by atoms with E-state index in [9.17, 15) is 0 Å². The number of hydrogen-bond acceptors (Lipinski definition) is 6. The van der Waals surface area contributed by atoms with Gasteiger partial charge in [-0.25, -0.2) is 9.97 Å². The van der Waals surface area contributed by atoms with E-state index in [1.54, 1.807) is 7.11 Å². The summed E-state index contributed by atoms with van der Waals surface area (Å²) in [5, 5.41) is 6.77. The van der Waals surface area contributed by atoms with E-state index in [0.717, 1.165) is 35.1 Å². The third-order valence-corrected chi connectivity index (χ3v) is 4.50. The van der Waals surface area contributed by atoms with E-state index in [1.165, 1.54) is 0 Å². The minimum absolute atomic E-state index is 0.333. The van der Waals surface area contributed by atoms with Crippen LogP contribution in [0.3, 0.4) is 0 Å². The molecule has 0 radical (unpaired) electrons. The highest BCUT2D eigenvalue weighted by atomic mass is 16.5. The van der Waals surface area contributed by atoms with Crippen LogP contribution in [-0.4, -0.2) is 36.3 Å². The van der Waals surface area contributed by atoms with Gasteiger partial charge in [-0.05, 0) is 37.6 Å². The second kappa shape index (κ2) is 10.3. The highest BCUT2D eigenvalue weighted by molar-refractivity contribution is 5.61. The first-order valence-corrected chi connectivity index (χ1v) is 9.89. The fourth-order valence-corrected chi connectivity index (χ4v) is 2.70. The van der Waals surface area contributed by atoms with Crippen LogP contribution in [0.1, 0.15) is 20.3 Å². The van der Waals surface area contributed by atoms with Crippen LogP contribution < -0.4 is 20.1 Å². The van der Waals surface area contributed by atoms with Crippen molar-refractivity contribution in [2.24, 2.45) is 0 Å². The molecular formula is C23H28N4O2.